The quantitative estimate of drug-likeness (QED) is 0.700. The Morgan fingerprint density at radius 2 is 1.45 bits per heavy atom. The molecule has 0 saturated heterocycles. The molecular formula is C19H17NOS. The summed E-state index contributed by atoms with van der Waals surface area (Å²) in [5.41, 5.74) is 5.26. The van der Waals surface area contributed by atoms with E-state index < -0.39 is 0 Å². The van der Waals surface area contributed by atoms with Gasteiger partial charge in [0.05, 0.1) is 4.88 Å². The first kappa shape index (κ1) is 14.5. The Morgan fingerprint density at radius 1 is 0.864 bits per heavy atom. The summed E-state index contributed by atoms with van der Waals surface area (Å²) in [7, 11) is 0. The zero-order valence-corrected chi connectivity index (χ0v) is 13.4. The molecule has 1 N–H and O–H groups in total. The van der Waals surface area contributed by atoms with Gasteiger partial charge < -0.3 is 5.32 Å². The van der Waals surface area contributed by atoms with Crippen LogP contribution in [0.5, 0.6) is 0 Å². The molecule has 0 unspecified atom stereocenters. The van der Waals surface area contributed by atoms with Crippen molar-refractivity contribution in [2.24, 2.45) is 0 Å². The van der Waals surface area contributed by atoms with Crippen molar-refractivity contribution >= 4 is 22.9 Å². The summed E-state index contributed by atoms with van der Waals surface area (Å²) in [5.74, 6) is -0.0607. The van der Waals surface area contributed by atoms with Gasteiger partial charge in [-0.25, -0.2) is 0 Å². The third-order valence-electron chi connectivity index (χ3n) is 3.54. The Morgan fingerprint density at radius 3 is 2.09 bits per heavy atom. The van der Waals surface area contributed by atoms with Crippen molar-refractivity contribution < 1.29 is 4.79 Å². The van der Waals surface area contributed by atoms with Crippen LogP contribution in [0.4, 0.5) is 5.69 Å². The van der Waals surface area contributed by atoms with E-state index in [-0.39, 0.29) is 5.91 Å². The molecule has 0 saturated carbocycles. The van der Waals surface area contributed by atoms with Gasteiger partial charge in [-0.2, -0.15) is 0 Å². The fraction of sp³-hybridized carbons (Fsp3) is 0.105. The van der Waals surface area contributed by atoms with Crippen molar-refractivity contribution in [2.45, 2.75) is 13.8 Å². The summed E-state index contributed by atoms with van der Waals surface area (Å²) in [6.07, 6.45) is 0. The van der Waals surface area contributed by atoms with Crippen LogP contribution in [0.25, 0.3) is 11.1 Å². The van der Waals surface area contributed by atoms with Crippen LogP contribution >= 0.6 is 11.3 Å². The summed E-state index contributed by atoms with van der Waals surface area (Å²) in [4.78, 5) is 13.3. The molecule has 0 aliphatic heterocycles. The summed E-state index contributed by atoms with van der Waals surface area (Å²) in [6.45, 7) is 4.09. The summed E-state index contributed by atoms with van der Waals surface area (Å²) < 4.78 is 0. The van der Waals surface area contributed by atoms with Gasteiger partial charge in [0.2, 0.25) is 0 Å². The minimum atomic E-state index is -0.0607. The SMILES string of the molecule is Cc1ccc(NC(=O)c2sccc2-c2ccc(C)cc2)cc1. The maximum Gasteiger partial charge on any atom is 0.266 e. The summed E-state index contributed by atoms with van der Waals surface area (Å²) >= 11 is 1.47. The summed E-state index contributed by atoms with van der Waals surface area (Å²) in [5, 5.41) is 4.92. The standard InChI is InChI=1S/C19H17NOS/c1-13-3-7-15(8-4-13)17-11-12-22-18(17)19(21)20-16-9-5-14(2)6-10-16/h3-12H,1-2H3,(H,20,21). The number of rotatable bonds is 3. The molecule has 0 aliphatic rings. The second kappa shape index (κ2) is 6.16. The van der Waals surface area contributed by atoms with Crippen LogP contribution in [-0.2, 0) is 0 Å². The number of carbonyl (C=O) groups is 1. The molecule has 0 atom stereocenters. The van der Waals surface area contributed by atoms with Crippen LogP contribution < -0.4 is 5.32 Å². The Bertz CT molecular complexity index is 785. The van der Waals surface area contributed by atoms with Gasteiger partial charge in [0, 0.05) is 11.3 Å². The average Bonchev–Trinajstić information content (AvgIpc) is 3.00. The molecule has 0 spiro atoms. The van der Waals surface area contributed by atoms with Crippen molar-refractivity contribution in [1.82, 2.24) is 0 Å². The van der Waals surface area contributed by atoms with Crippen molar-refractivity contribution in [3.05, 3.63) is 76.0 Å². The van der Waals surface area contributed by atoms with Crippen LogP contribution in [0.2, 0.25) is 0 Å². The number of thiophene rings is 1. The van der Waals surface area contributed by atoms with E-state index >= 15 is 0 Å². The van der Waals surface area contributed by atoms with Crippen molar-refractivity contribution in [1.29, 1.82) is 0 Å². The first-order valence-electron chi connectivity index (χ1n) is 7.16. The molecule has 2 aromatic carbocycles. The van der Waals surface area contributed by atoms with E-state index in [4.69, 9.17) is 0 Å². The van der Waals surface area contributed by atoms with E-state index in [0.29, 0.717) is 0 Å². The molecule has 1 aromatic heterocycles. The van der Waals surface area contributed by atoms with Crippen molar-refractivity contribution in [2.75, 3.05) is 5.32 Å². The molecule has 1 heterocycles. The first-order chi connectivity index (χ1) is 10.6. The van der Waals surface area contributed by atoms with Crippen LogP contribution in [0.3, 0.4) is 0 Å². The molecule has 2 nitrogen and oxygen atoms in total. The largest absolute Gasteiger partial charge is 0.321 e. The van der Waals surface area contributed by atoms with E-state index in [9.17, 15) is 4.79 Å². The van der Waals surface area contributed by atoms with Gasteiger partial charge in [0.15, 0.2) is 0 Å². The van der Waals surface area contributed by atoms with Crippen LogP contribution in [0.15, 0.2) is 60.0 Å². The average molecular weight is 307 g/mol. The smallest absolute Gasteiger partial charge is 0.266 e. The minimum absolute atomic E-state index is 0.0607. The number of benzene rings is 2. The van der Waals surface area contributed by atoms with Gasteiger partial charge >= 0.3 is 0 Å². The molecule has 3 aromatic rings. The molecule has 0 radical (unpaired) electrons. The van der Waals surface area contributed by atoms with E-state index in [2.05, 4.69) is 36.5 Å². The highest BCUT2D eigenvalue weighted by atomic mass is 32.1. The number of hydrogen-bond donors (Lipinski definition) is 1. The van der Waals surface area contributed by atoms with E-state index in [1.165, 1.54) is 22.5 Å². The van der Waals surface area contributed by atoms with Crippen LogP contribution in [-0.4, -0.2) is 5.91 Å². The monoisotopic (exact) mass is 307 g/mol. The van der Waals surface area contributed by atoms with Crippen molar-refractivity contribution in [3.8, 4) is 11.1 Å². The Kier molecular flexibility index (Phi) is 4.07. The van der Waals surface area contributed by atoms with E-state index in [0.717, 1.165) is 21.7 Å². The number of carbonyl (C=O) groups excluding carboxylic acids is 1. The maximum atomic E-state index is 12.5. The fourth-order valence-corrected chi connectivity index (χ4v) is 3.08. The number of aryl methyl sites for hydroxylation is 2. The molecular weight excluding hydrogens is 290 g/mol. The fourth-order valence-electron chi connectivity index (χ4n) is 2.27. The van der Waals surface area contributed by atoms with Crippen molar-refractivity contribution in [3.63, 3.8) is 0 Å². The predicted octanol–water partition coefficient (Wildman–Crippen LogP) is 5.28. The molecule has 110 valence electrons. The number of amides is 1. The third kappa shape index (κ3) is 3.10. The Labute approximate surface area is 134 Å². The second-order valence-corrected chi connectivity index (χ2v) is 6.27. The zero-order chi connectivity index (χ0) is 15.5. The third-order valence-corrected chi connectivity index (χ3v) is 4.46. The Hall–Kier alpha value is -2.39. The van der Waals surface area contributed by atoms with Gasteiger partial charge in [-0.15, -0.1) is 11.3 Å². The first-order valence-corrected chi connectivity index (χ1v) is 8.04. The molecule has 3 heteroatoms. The second-order valence-electron chi connectivity index (χ2n) is 5.35. The molecule has 0 fully saturated rings. The van der Waals surface area contributed by atoms with Gasteiger partial charge in [0.25, 0.3) is 5.91 Å². The van der Waals surface area contributed by atoms with Gasteiger partial charge in [-0.05, 0) is 43.0 Å². The number of nitrogens with one attached hydrogen (secondary N) is 1. The highest BCUT2D eigenvalue weighted by molar-refractivity contribution is 7.12. The highest BCUT2D eigenvalue weighted by Gasteiger charge is 2.14. The molecule has 0 bridgehead atoms. The molecule has 22 heavy (non-hydrogen) atoms. The number of hydrogen-bond acceptors (Lipinski definition) is 2. The lowest BCUT2D eigenvalue weighted by Crippen LogP contribution is -2.11. The lowest BCUT2D eigenvalue weighted by Gasteiger charge is -2.07. The topological polar surface area (TPSA) is 29.1 Å². The van der Waals surface area contributed by atoms with E-state index in [1.54, 1.807) is 0 Å². The lowest BCUT2D eigenvalue weighted by atomic mass is 10.0. The van der Waals surface area contributed by atoms with E-state index in [1.807, 2.05) is 42.6 Å². The van der Waals surface area contributed by atoms with Gasteiger partial charge in [-0.3, -0.25) is 4.79 Å². The number of anilines is 1. The maximum absolute atomic E-state index is 12.5. The van der Waals surface area contributed by atoms with Gasteiger partial charge in [0.1, 0.15) is 0 Å². The van der Waals surface area contributed by atoms with Gasteiger partial charge in [-0.1, -0.05) is 47.5 Å². The summed E-state index contributed by atoms with van der Waals surface area (Å²) in [6, 6.07) is 18.1. The Balaban J connectivity index is 1.86. The molecule has 3 rings (SSSR count). The minimum Gasteiger partial charge on any atom is -0.321 e. The highest BCUT2D eigenvalue weighted by Crippen LogP contribution is 2.29. The van der Waals surface area contributed by atoms with Crippen LogP contribution in [0.1, 0.15) is 20.8 Å². The zero-order valence-electron chi connectivity index (χ0n) is 12.6. The predicted molar refractivity (Wildman–Crippen MR) is 93.6 cm³/mol. The normalized spacial score (nSPS) is 10.5. The molecule has 0 aliphatic carbocycles. The van der Waals surface area contributed by atoms with Crippen LogP contribution in [0, 0.1) is 13.8 Å². The lowest BCUT2D eigenvalue weighted by molar-refractivity contribution is 0.103. The molecule has 1 amide bonds.